The largest absolute Gasteiger partial charge is 0.468 e. The summed E-state index contributed by atoms with van der Waals surface area (Å²) in [6.45, 7) is 6.36. The van der Waals surface area contributed by atoms with Crippen LogP contribution < -0.4 is 0 Å². The van der Waals surface area contributed by atoms with Crippen LogP contribution in [0, 0.1) is 11.3 Å². The summed E-state index contributed by atoms with van der Waals surface area (Å²) < 4.78 is 5.36. The van der Waals surface area contributed by atoms with Gasteiger partial charge in [0.1, 0.15) is 5.76 Å². The Balaban J connectivity index is 1.87. The first-order valence-electron chi connectivity index (χ1n) is 6.85. The first-order valence-corrected chi connectivity index (χ1v) is 6.85. The van der Waals surface area contributed by atoms with Gasteiger partial charge >= 0.3 is 0 Å². The summed E-state index contributed by atoms with van der Waals surface area (Å²) in [5.41, 5.74) is 0.370. The normalized spacial score (nSPS) is 27.6. The highest BCUT2D eigenvalue weighted by molar-refractivity contribution is 4.98. The summed E-state index contributed by atoms with van der Waals surface area (Å²) in [5.74, 6) is 1.37. The summed E-state index contributed by atoms with van der Waals surface area (Å²) in [7, 11) is 2.09. The molecule has 102 valence electrons. The Kier molecular flexibility index (Phi) is 4.13. The second-order valence-electron chi connectivity index (χ2n) is 6.51. The molecule has 2 atom stereocenters. The first kappa shape index (κ1) is 13.6. The van der Waals surface area contributed by atoms with Gasteiger partial charge in [-0.25, -0.2) is 0 Å². The fraction of sp³-hybridized carbons (Fsp3) is 0.733. The molecule has 0 amide bonds. The Hall–Kier alpha value is -0.800. The van der Waals surface area contributed by atoms with E-state index in [0.717, 1.165) is 38.1 Å². The van der Waals surface area contributed by atoms with Gasteiger partial charge in [0.2, 0.25) is 0 Å². The van der Waals surface area contributed by atoms with Crippen LogP contribution in [0.3, 0.4) is 0 Å². The van der Waals surface area contributed by atoms with Crippen molar-refractivity contribution in [3.63, 3.8) is 0 Å². The van der Waals surface area contributed by atoms with Gasteiger partial charge in [-0.3, -0.25) is 4.90 Å². The van der Waals surface area contributed by atoms with Crippen molar-refractivity contribution in [2.24, 2.45) is 11.3 Å². The van der Waals surface area contributed by atoms with E-state index in [4.69, 9.17) is 4.42 Å². The molecule has 1 aliphatic rings. The quantitative estimate of drug-likeness (QED) is 0.894. The number of rotatable bonds is 4. The smallest absolute Gasteiger partial charge is 0.117 e. The van der Waals surface area contributed by atoms with Gasteiger partial charge in [-0.2, -0.15) is 0 Å². The maximum atomic E-state index is 10.1. The van der Waals surface area contributed by atoms with E-state index in [2.05, 4.69) is 25.8 Å². The zero-order valence-electron chi connectivity index (χ0n) is 11.7. The molecule has 1 N–H and O–H groups in total. The lowest BCUT2D eigenvalue weighted by molar-refractivity contribution is 0.00604. The van der Waals surface area contributed by atoms with Crippen LogP contribution >= 0.6 is 0 Å². The summed E-state index contributed by atoms with van der Waals surface area (Å²) in [6, 6.07) is 3.92. The molecule has 3 heteroatoms. The van der Waals surface area contributed by atoms with Crippen LogP contribution in [0.4, 0.5) is 0 Å². The highest BCUT2D eigenvalue weighted by Crippen LogP contribution is 2.39. The Bertz CT molecular complexity index is 359. The summed E-state index contributed by atoms with van der Waals surface area (Å²) in [5, 5.41) is 10.1. The summed E-state index contributed by atoms with van der Waals surface area (Å²) >= 11 is 0. The van der Waals surface area contributed by atoms with Crippen LogP contribution in [0.25, 0.3) is 0 Å². The minimum atomic E-state index is -0.142. The van der Waals surface area contributed by atoms with Crippen LogP contribution in [0.5, 0.6) is 0 Å². The highest BCUT2D eigenvalue weighted by Gasteiger charge is 2.34. The number of aliphatic hydroxyl groups excluding tert-OH is 1. The van der Waals surface area contributed by atoms with Crippen molar-refractivity contribution in [3.05, 3.63) is 24.2 Å². The van der Waals surface area contributed by atoms with Crippen molar-refractivity contribution in [2.75, 3.05) is 13.6 Å². The standard InChI is InChI=1S/C15H25NO2/c1-15(2)7-6-14(17)12(9-15)10-16(3)11-13-5-4-8-18-13/h4-5,8,12,14,17H,6-7,9-11H2,1-3H3. The van der Waals surface area contributed by atoms with E-state index in [1.807, 2.05) is 12.1 Å². The molecule has 0 aliphatic heterocycles. The molecular weight excluding hydrogens is 226 g/mol. The van der Waals surface area contributed by atoms with Crippen molar-refractivity contribution in [3.8, 4) is 0 Å². The van der Waals surface area contributed by atoms with Crippen molar-refractivity contribution in [2.45, 2.75) is 45.8 Å². The van der Waals surface area contributed by atoms with E-state index in [-0.39, 0.29) is 6.10 Å². The molecule has 0 spiro atoms. The van der Waals surface area contributed by atoms with Gasteiger partial charge in [-0.1, -0.05) is 13.8 Å². The minimum Gasteiger partial charge on any atom is -0.468 e. The second-order valence-corrected chi connectivity index (χ2v) is 6.51. The number of hydrogen-bond acceptors (Lipinski definition) is 3. The summed E-state index contributed by atoms with van der Waals surface area (Å²) in [4.78, 5) is 2.24. The maximum Gasteiger partial charge on any atom is 0.117 e. The van der Waals surface area contributed by atoms with E-state index >= 15 is 0 Å². The molecular formula is C15H25NO2. The van der Waals surface area contributed by atoms with Gasteiger partial charge in [0.05, 0.1) is 18.9 Å². The van der Waals surface area contributed by atoms with Crippen LogP contribution in [0.1, 0.15) is 38.9 Å². The third-order valence-corrected chi connectivity index (χ3v) is 4.03. The Morgan fingerprint density at radius 3 is 2.94 bits per heavy atom. The lowest BCUT2D eigenvalue weighted by atomic mass is 9.71. The molecule has 0 aromatic carbocycles. The molecule has 0 bridgehead atoms. The zero-order valence-corrected chi connectivity index (χ0v) is 11.7. The topological polar surface area (TPSA) is 36.6 Å². The molecule has 1 heterocycles. The second kappa shape index (κ2) is 5.45. The molecule has 2 unspecified atom stereocenters. The maximum absolute atomic E-state index is 10.1. The molecule has 1 saturated carbocycles. The van der Waals surface area contributed by atoms with Crippen molar-refractivity contribution in [1.29, 1.82) is 0 Å². The predicted molar refractivity (Wildman–Crippen MR) is 72.2 cm³/mol. The molecule has 1 aromatic rings. The van der Waals surface area contributed by atoms with Crippen molar-refractivity contribution >= 4 is 0 Å². The average molecular weight is 251 g/mol. The minimum absolute atomic E-state index is 0.142. The molecule has 1 aliphatic carbocycles. The Morgan fingerprint density at radius 1 is 1.50 bits per heavy atom. The van der Waals surface area contributed by atoms with Crippen LogP contribution in [-0.2, 0) is 6.54 Å². The molecule has 1 aromatic heterocycles. The third kappa shape index (κ3) is 3.59. The first-order chi connectivity index (χ1) is 8.46. The molecule has 2 rings (SSSR count). The molecule has 0 radical (unpaired) electrons. The van der Waals surface area contributed by atoms with E-state index in [1.54, 1.807) is 6.26 Å². The number of aliphatic hydroxyl groups is 1. The molecule has 1 fully saturated rings. The average Bonchev–Trinajstić information content (AvgIpc) is 2.76. The molecule has 3 nitrogen and oxygen atoms in total. The zero-order chi connectivity index (χ0) is 13.2. The fourth-order valence-corrected chi connectivity index (χ4v) is 3.04. The lowest BCUT2D eigenvalue weighted by Crippen LogP contribution is -2.39. The third-order valence-electron chi connectivity index (χ3n) is 4.03. The van der Waals surface area contributed by atoms with E-state index in [9.17, 15) is 5.11 Å². The monoisotopic (exact) mass is 251 g/mol. The molecule has 0 saturated heterocycles. The van der Waals surface area contributed by atoms with Crippen LogP contribution in [0.15, 0.2) is 22.8 Å². The highest BCUT2D eigenvalue weighted by atomic mass is 16.3. The van der Waals surface area contributed by atoms with E-state index < -0.39 is 0 Å². The van der Waals surface area contributed by atoms with E-state index in [1.165, 1.54) is 0 Å². The SMILES string of the molecule is CN(Cc1ccco1)CC1CC(C)(C)CCC1O. The van der Waals surface area contributed by atoms with Crippen LogP contribution in [0.2, 0.25) is 0 Å². The van der Waals surface area contributed by atoms with Crippen molar-refractivity contribution < 1.29 is 9.52 Å². The van der Waals surface area contributed by atoms with Gasteiger partial charge < -0.3 is 9.52 Å². The van der Waals surface area contributed by atoms with Crippen LogP contribution in [-0.4, -0.2) is 29.7 Å². The number of nitrogens with zero attached hydrogens (tertiary/aromatic N) is 1. The van der Waals surface area contributed by atoms with Gasteiger partial charge in [-0.15, -0.1) is 0 Å². The predicted octanol–water partition coefficient (Wildman–Crippen LogP) is 2.90. The Morgan fingerprint density at radius 2 is 2.28 bits per heavy atom. The fourth-order valence-electron chi connectivity index (χ4n) is 3.04. The van der Waals surface area contributed by atoms with Crippen molar-refractivity contribution in [1.82, 2.24) is 4.90 Å². The Labute approximate surface area is 110 Å². The van der Waals surface area contributed by atoms with Gasteiger partial charge in [-0.05, 0) is 49.8 Å². The lowest BCUT2D eigenvalue weighted by Gasteiger charge is -2.40. The van der Waals surface area contributed by atoms with Gasteiger partial charge in [0.25, 0.3) is 0 Å². The summed E-state index contributed by atoms with van der Waals surface area (Å²) in [6.07, 6.45) is 4.74. The number of hydrogen-bond donors (Lipinski definition) is 1. The number of furan rings is 1. The van der Waals surface area contributed by atoms with E-state index in [0.29, 0.717) is 11.3 Å². The van der Waals surface area contributed by atoms with Gasteiger partial charge in [0.15, 0.2) is 0 Å². The van der Waals surface area contributed by atoms with Gasteiger partial charge in [0, 0.05) is 6.54 Å². The molecule has 18 heavy (non-hydrogen) atoms.